The number of benzene rings is 2. The number of hydrogen-bond acceptors (Lipinski definition) is 4. The summed E-state index contributed by atoms with van der Waals surface area (Å²) in [6.07, 6.45) is 1.38. The lowest BCUT2D eigenvalue weighted by Crippen LogP contribution is -2.04. The minimum Gasteiger partial charge on any atom is -0.489 e. The van der Waals surface area contributed by atoms with Crippen molar-refractivity contribution < 1.29 is 19.1 Å². The highest BCUT2D eigenvalue weighted by atomic mass is 16.5. The van der Waals surface area contributed by atoms with E-state index in [2.05, 4.69) is 4.74 Å². The topological polar surface area (TPSA) is 52.6 Å². The number of rotatable bonds is 6. The Kier molecular flexibility index (Phi) is 5.69. The van der Waals surface area contributed by atoms with Crippen LogP contribution in [0.5, 0.6) is 5.75 Å². The first-order chi connectivity index (χ1) is 11.1. The summed E-state index contributed by atoms with van der Waals surface area (Å²) in [6, 6.07) is 16.0. The fraction of sp³-hybridized carbons (Fsp3) is 0.158. The molecule has 0 spiro atoms. The summed E-state index contributed by atoms with van der Waals surface area (Å²) in [5, 5.41) is 0. The molecule has 0 radical (unpaired) electrons. The number of hydrogen-bond donors (Lipinski definition) is 0. The summed E-state index contributed by atoms with van der Waals surface area (Å²) < 4.78 is 10.1. The van der Waals surface area contributed by atoms with Crippen LogP contribution in [0.25, 0.3) is 0 Å². The number of methoxy groups -OCH3 is 1. The molecule has 0 saturated heterocycles. The number of carbonyl (C=O) groups is 2. The van der Waals surface area contributed by atoms with E-state index in [-0.39, 0.29) is 12.4 Å². The van der Waals surface area contributed by atoms with Gasteiger partial charge in [0.2, 0.25) is 0 Å². The van der Waals surface area contributed by atoms with Gasteiger partial charge in [-0.05, 0) is 36.8 Å². The van der Waals surface area contributed by atoms with Gasteiger partial charge in [-0.25, -0.2) is 4.79 Å². The lowest BCUT2D eigenvalue weighted by Gasteiger charge is -2.07. The molecule has 0 amide bonds. The van der Waals surface area contributed by atoms with Crippen molar-refractivity contribution in [2.24, 2.45) is 0 Å². The zero-order chi connectivity index (χ0) is 16.7. The van der Waals surface area contributed by atoms with Gasteiger partial charge in [0, 0.05) is 17.2 Å². The summed E-state index contributed by atoms with van der Waals surface area (Å²) in [7, 11) is 1.33. The van der Waals surface area contributed by atoms with Crippen molar-refractivity contribution in [3.63, 3.8) is 0 Å². The average Bonchev–Trinajstić information content (AvgIpc) is 2.60. The van der Waals surface area contributed by atoms with E-state index in [0.717, 1.165) is 5.57 Å². The van der Waals surface area contributed by atoms with Gasteiger partial charge in [0.1, 0.15) is 12.4 Å². The molecule has 0 aliphatic rings. The molecule has 118 valence electrons. The van der Waals surface area contributed by atoms with E-state index in [0.29, 0.717) is 16.9 Å². The SMILES string of the molecule is COC(=O)C=C(C)COc1ccc(C(=O)c2ccccc2)cc1. The molecule has 2 aromatic rings. The normalized spacial score (nSPS) is 11.0. The van der Waals surface area contributed by atoms with Crippen LogP contribution in [0, 0.1) is 0 Å². The van der Waals surface area contributed by atoms with E-state index < -0.39 is 5.97 Å². The zero-order valence-corrected chi connectivity index (χ0v) is 13.1. The quantitative estimate of drug-likeness (QED) is 0.466. The standard InChI is InChI=1S/C19H18O4/c1-14(12-18(20)22-2)13-23-17-10-8-16(9-11-17)19(21)15-6-4-3-5-7-15/h3-12H,13H2,1-2H3. The molecule has 4 heteroatoms. The molecular weight excluding hydrogens is 292 g/mol. The van der Waals surface area contributed by atoms with Gasteiger partial charge in [-0.2, -0.15) is 0 Å². The van der Waals surface area contributed by atoms with Gasteiger partial charge in [0.15, 0.2) is 5.78 Å². The Morgan fingerprint density at radius 3 is 2.17 bits per heavy atom. The number of ether oxygens (including phenoxy) is 2. The fourth-order valence-corrected chi connectivity index (χ4v) is 1.96. The Bertz CT molecular complexity index is 700. The Balaban J connectivity index is 1.99. The van der Waals surface area contributed by atoms with Gasteiger partial charge >= 0.3 is 5.97 Å². The molecule has 0 aliphatic carbocycles. The van der Waals surface area contributed by atoms with Crippen molar-refractivity contribution in [1.29, 1.82) is 0 Å². The Morgan fingerprint density at radius 2 is 1.57 bits per heavy atom. The molecule has 2 rings (SSSR count). The lowest BCUT2D eigenvalue weighted by molar-refractivity contribution is -0.134. The van der Waals surface area contributed by atoms with Crippen molar-refractivity contribution >= 4 is 11.8 Å². The molecule has 4 nitrogen and oxygen atoms in total. The van der Waals surface area contributed by atoms with Gasteiger partial charge in [-0.15, -0.1) is 0 Å². The van der Waals surface area contributed by atoms with Gasteiger partial charge in [0.25, 0.3) is 0 Å². The van der Waals surface area contributed by atoms with Crippen LogP contribution in [0.4, 0.5) is 0 Å². The van der Waals surface area contributed by atoms with Crippen LogP contribution in [-0.2, 0) is 9.53 Å². The molecule has 0 bridgehead atoms. The third-order valence-electron chi connectivity index (χ3n) is 3.18. The first-order valence-electron chi connectivity index (χ1n) is 7.18. The van der Waals surface area contributed by atoms with E-state index >= 15 is 0 Å². The molecule has 2 aromatic carbocycles. The molecule has 0 unspecified atom stereocenters. The van der Waals surface area contributed by atoms with Gasteiger partial charge in [-0.3, -0.25) is 4.79 Å². The number of carbonyl (C=O) groups excluding carboxylic acids is 2. The van der Waals surface area contributed by atoms with Crippen molar-refractivity contribution in [3.8, 4) is 5.75 Å². The van der Waals surface area contributed by atoms with E-state index in [1.807, 2.05) is 18.2 Å². The third-order valence-corrected chi connectivity index (χ3v) is 3.18. The average molecular weight is 310 g/mol. The highest BCUT2D eigenvalue weighted by molar-refractivity contribution is 6.08. The monoisotopic (exact) mass is 310 g/mol. The van der Waals surface area contributed by atoms with Crippen molar-refractivity contribution in [2.75, 3.05) is 13.7 Å². The predicted molar refractivity (Wildman–Crippen MR) is 87.6 cm³/mol. The van der Waals surface area contributed by atoms with Crippen LogP contribution in [-0.4, -0.2) is 25.5 Å². The molecular formula is C19H18O4. The lowest BCUT2D eigenvalue weighted by atomic mass is 10.0. The summed E-state index contributed by atoms with van der Waals surface area (Å²) in [4.78, 5) is 23.4. The van der Waals surface area contributed by atoms with Crippen molar-refractivity contribution in [3.05, 3.63) is 77.4 Å². The van der Waals surface area contributed by atoms with Gasteiger partial charge in [0.05, 0.1) is 7.11 Å². The van der Waals surface area contributed by atoms with Crippen LogP contribution in [0.2, 0.25) is 0 Å². The van der Waals surface area contributed by atoms with E-state index in [4.69, 9.17) is 4.74 Å². The molecule has 0 atom stereocenters. The van der Waals surface area contributed by atoms with Crippen LogP contribution in [0.1, 0.15) is 22.8 Å². The van der Waals surface area contributed by atoms with Crippen LogP contribution < -0.4 is 4.74 Å². The van der Waals surface area contributed by atoms with E-state index in [1.54, 1.807) is 43.3 Å². The van der Waals surface area contributed by atoms with Crippen LogP contribution in [0.15, 0.2) is 66.2 Å². The van der Waals surface area contributed by atoms with Crippen molar-refractivity contribution in [2.45, 2.75) is 6.92 Å². The minimum atomic E-state index is -0.407. The van der Waals surface area contributed by atoms with Gasteiger partial charge in [-0.1, -0.05) is 30.3 Å². The van der Waals surface area contributed by atoms with E-state index in [9.17, 15) is 9.59 Å². The molecule has 0 saturated carbocycles. The maximum Gasteiger partial charge on any atom is 0.330 e. The largest absolute Gasteiger partial charge is 0.489 e. The zero-order valence-electron chi connectivity index (χ0n) is 13.1. The fourth-order valence-electron chi connectivity index (χ4n) is 1.96. The van der Waals surface area contributed by atoms with Crippen molar-refractivity contribution in [1.82, 2.24) is 0 Å². The Hall–Kier alpha value is -2.88. The van der Waals surface area contributed by atoms with Gasteiger partial charge < -0.3 is 9.47 Å². The number of ketones is 1. The highest BCUT2D eigenvalue weighted by Crippen LogP contribution is 2.16. The predicted octanol–water partition coefficient (Wildman–Crippen LogP) is 3.42. The van der Waals surface area contributed by atoms with E-state index in [1.165, 1.54) is 13.2 Å². The third kappa shape index (κ3) is 4.81. The number of esters is 1. The van der Waals surface area contributed by atoms with Crippen LogP contribution >= 0.6 is 0 Å². The minimum absolute atomic E-state index is 0.0288. The second-order valence-electron chi connectivity index (χ2n) is 5.02. The Morgan fingerprint density at radius 1 is 0.957 bits per heavy atom. The molecule has 0 aliphatic heterocycles. The molecule has 0 N–H and O–H groups in total. The Labute approximate surface area is 135 Å². The van der Waals surface area contributed by atoms with Crippen LogP contribution in [0.3, 0.4) is 0 Å². The summed E-state index contributed by atoms with van der Waals surface area (Å²) in [6.45, 7) is 2.06. The molecule has 0 aromatic heterocycles. The summed E-state index contributed by atoms with van der Waals surface area (Å²) >= 11 is 0. The maximum atomic E-state index is 12.3. The second-order valence-corrected chi connectivity index (χ2v) is 5.02. The first kappa shape index (κ1) is 16.5. The molecule has 0 fully saturated rings. The molecule has 0 heterocycles. The molecule has 23 heavy (non-hydrogen) atoms. The maximum absolute atomic E-state index is 12.3. The highest BCUT2D eigenvalue weighted by Gasteiger charge is 2.08. The summed E-state index contributed by atoms with van der Waals surface area (Å²) in [5.41, 5.74) is 2.00. The first-order valence-corrected chi connectivity index (χ1v) is 7.18. The summed E-state index contributed by atoms with van der Waals surface area (Å²) in [5.74, 6) is 0.195. The smallest absolute Gasteiger partial charge is 0.330 e. The second kappa shape index (κ2) is 7.94.